The minimum absolute atomic E-state index is 0.173. The van der Waals surface area contributed by atoms with E-state index in [4.69, 9.17) is 0 Å². The van der Waals surface area contributed by atoms with Gasteiger partial charge < -0.3 is 5.32 Å². The smallest absolute Gasteiger partial charge is 0.132 e. The molecule has 2 nitrogen and oxygen atoms in total. The molecule has 0 aromatic heterocycles. The summed E-state index contributed by atoms with van der Waals surface area (Å²) in [6, 6.07) is 9.94. The Morgan fingerprint density at radius 2 is 1.86 bits per heavy atom. The summed E-state index contributed by atoms with van der Waals surface area (Å²) >= 11 is 0. The average Bonchev–Trinajstić information content (AvgIpc) is 2.02. The fraction of sp³-hybridized carbons (Fsp3) is 0.417. The summed E-state index contributed by atoms with van der Waals surface area (Å²) in [4.78, 5) is 11.0. The number of benzene rings is 1. The van der Waals surface area contributed by atoms with E-state index >= 15 is 0 Å². The minimum Gasteiger partial charge on any atom is -0.380 e. The predicted molar refractivity (Wildman–Crippen MR) is 59.4 cm³/mol. The molecular formula is C12H17NO. The van der Waals surface area contributed by atoms with Gasteiger partial charge in [0, 0.05) is 17.6 Å². The summed E-state index contributed by atoms with van der Waals surface area (Å²) in [5.74, 6) is 0.207. The lowest BCUT2D eigenvalue weighted by Gasteiger charge is -2.26. The molecule has 0 spiro atoms. The fourth-order valence-corrected chi connectivity index (χ4v) is 1.58. The standard InChI is InChI=1S/C12H17NO/c1-10(14)9-12(2,3)13-11-7-5-4-6-8-11/h4-8,13H,9H2,1-3H3. The molecule has 1 rings (SSSR count). The molecule has 0 bridgehead atoms. The van der Waals surface area contributed by atoms with Crippen LogP contribution in [0.5, 0.6) is 0 Å². The number of ketones is 1. The second-order valence-electron chi connectivity index (χ2n) is 4.25. The SMILES string of the molecule is CC(=O)CC(C)(C)Nc1ccccc1. The van der Waals surface area contributed by atoms with Gasteiger partial charge in [-0.15, -0.1) is 0 Å². The van der Waals surface area contributed by atoms with Crippen molar-refractivity contribution in [3.63, 3.8) is 0 Å². The number of anilines is 1. The molecule has 0 radical (unpaired) electrons. The first kappa shape index (κ1) is 10.8. The Kier molecular flexibility index (Phi) is 3.28. The van der Waals surface area contributed by atoms with Crippen molar-refractivity contribution in [3.05, 3.63) is 30.3 Å². The third-order valence-corrected chi connectivity index (χ3v) is 1.95. The summed E-state index contributed by atoms with van der Waals surface area (Å²) in [7, 11) is 0. The first-order valence-corrected chi connectivity index (χ1v) is 4.82. The molecule has 0 heterocycles. The maximum Gasteiger partial charge on any atom is 0.132 e. The number of para-hydroxylation sites is 1. The highest BCUT2D eigenvalue weighted by molar-refractivity contribution is 5.77. The first-order valence-electron chi connectivity index (χ1n) is 4.82. The van der Waals surface area contributed by atoms with Crippen molar-refractivity contribution in [2.75, 3.05) is 5.32 Å². The topological polar surface area (TPSA) is 29.1 Å². The lowest BCUT2D eigenvalue weighted by molar-refractivity contribution is -0.117. The van der Waals surface area contributed by atoms with Gasteiger partial charge in [-0.1, -0.05) is 18.2 Å². The van der Waals surface area contributed by atoms with Gasteiger partial charge in [-0.25, -0.2) is 0 Å². The molecule has 1 aromatic rings. The molecule has 2 heteroatoms. The first-order chi connectivity index (χ1) is 6.49. The summed E-state index contributed by atoms with van der Waals surface area (Å²) in [5.41, 5.74) is 0.881. The average molecular weight is 191 g/mol. The number of carbonyl (C=O) groups excluding carboxylic acids is 1. The molecule has 0 aliphatic carbocycles. The van der Waals surface area contributed by atoms with E-state index in [2.05, 4.69) is 5.32 Å². The fourth-order valence-electron chi connectivity index (χ4n) is 1.58. The van der Waals surface area contributed by atoms with Gasteiger partial charge in [-0.05, 0) is 32.9 Å². The van der Waals surface area contributed by atoms with Crippen LogP contribution in [0.4, 0.5) is 5.69 Å². The van der Waals surface area contributed by atoms with Crippen LogP contribution in [-0.2, 0) is 4.79 Å². The monoisotopic (exact) mass is 191 g/mol. The Morgan fingerprint density at radius 3 is 2.36 bits per heavy atom. The van der Waals surface area contributed by atoms with E-state index in [0.29, 0.717) is 6.42 Å². The number of hydrogen-bond acceptors (Lipinski definition) is 2. The molecule has 0 unspecified atom stereocenters. The van der Waals surface area contributed by atoms with Crippen LogP contribution in [0.3, 0.4) is 0 Å². The number of nitrogens with one attached hydrogen (secondary N) is 1. The molecule has 0 fully saturated rings. The van der Waals surface area contributed by atoms with Crippen LogP contribution in [0.1, 0.15) is 27.2 Å². The lowest BCUT2D eigenvalue weighted by Crippen LogP contribution is -2.32. The van der Waals surface area contributed by atoms with Gasteiger partial charge in [-0.3, -0.25) is 4.79 Å². The van der Waals surface area contributed by atoms with Gasteiger partial charge >= 0.3 is 0 Å². The van der Waals surface area contributed by atoms with Crippen molar-refractivity contribution >= 4 is 11.5 Å². The maximum atomic E-state index is 11.0. The van der Waals surface area contributed by atoms with Gasteiger partial charge in [0.15, 0.2) is 0 Å². The molecule has 1 aromatic carbocycles. The van der Waals surface area contributed by atoms with Crippen LogP contribution in [0, 0.1) is 0 Å². The summed E-state index contributed by atoms with van der Waals surface area (Å²) < 4.78 is 0. The number of hydrogen-bond donors (Lipinski definition) is 1. The largest absolute Gasteiger partial charge is 0.380 e. The van der Waals surface area contributed by atoms with Crippen molar-refractivity contribution in [1.82, 2.24) is 0 Å². The summed E-state index contributed by atoms with van der Waals surface area (Å²) in [5, 5.41) is 3.33. The Balaban J connectivity index is 2.63. The highest BCUT2D eigenvalue weighted by Crippen LogP contribution is 2.17. The zero-order valence-electron chi connectivity index (χ0n) is 9.00. The van der Waals surface area contributed by atoms with E-state index in [1.165, 1.54) is 0 Å². The summed E-state index contributed by atoms with van der Waals surface area (Å²) in [6.07, 6.45) is 0.544. The molecule has 1 N–H and O–H groups in total. The van der Waals surface area contributed by atoms with E-state index in [0.717, 1.165) is 5.69 Å². The van der Waals surface area contributed by atoms with E-state index in [-0.39, 0.29) is 11.3 Å². The van der Waals surface area contributed by atoms with Crippen molar-refractivity contribution in [1.29, 1.82) is 0 Å². The Bertz CT molecular complexity index is 303. The number of rotatable bonds is 4. The second-order valence-corrected chi connectivity index (χ2v) is 4.25. The predicted octanol–water partition coefficient (Wildman–Crippen LogP) is 2.86. The van der Waals surface area contributed by atoms with Crippen LogP contribution < -0.4 is 5.32 Å². The highest BCUT2D eigenvalue weighted by atomic mass is 16.1. The minimum atomic E-state index is -0.173. The number of carbonyl (C=O) groups is 1. The van der Waals surface area contributed by atoms with Crippen LogP contribution in [0.2, 0.25) is 0 Å². The Hall–Kier alpha value is -1.31. The maximum absolute atomic E-state index is 11.0. The second kappa shape index (κ2) is 4.27. The van der Waals surface area contributed by atoms with E-state index < -0.39 is 0 Å². The lowest BCUT2D eigenvalue weighted by atomic mass is 9.98. The van der Waals surface area contributed by atoms with Crippen LogP contribution in [-0.4, -0.2) is 11.3 Å². The van der Waals surface area contributed by atoms with Gasteiger partial charge in [0.05, 0.1) is 0 Å². The van der Waals surface area contributed by atoms with Crippen molar-refractivity contribution in [2.45, 2.75) is 32.7 Å². The van der Waals surface area contributed by atoms with Crippen molar-refractivity contribution < 1.29 is 4.79 Å². The van der Waals surface area contributed by atoms with Crippen LogP contribution in [0.25, 0.3) is 0 Å². The number of Topliss-reactive ketones (excluding diaryl/α,β-unsaturated/α-hetero) is 1. The molecule has 0 aliphatic rings. The normalized spacial score (nSPS) is 11.1. The molecule has 0 aliphatic heterocycles. The third kappa shape index (κ3) is 3.60. The highest BCUT2D eigenvalue weighted by Gasteiger charge is 2.18. The van der Waals surface area contributed by atoms with Gasteiger partial charge in [0.2, 0.25) is 0 Å². The van der Waals surface area contributed by atoms with E-state index in [9.17, 15) is 4.79 Å². The van der Waals surface area contributed by atoms with Crippen molar-refractivity contribution in [3.8, 4) is 0 Å². The summed E-state index contributed by atoms with van der Waals surface area (Å²) in [6.45, 7) is 5.68. The quantitative estimate of drug-likeness (QED) is 0.792. The molecule has 0 atom stereocenters. The molecule has 0 saturated heterocycles. The third-order valence-electron chi connectivity index (χ3n) is 1.95. The van der Waals surface area contributed by atoms with Crippen LogP contribution in [0.15, 0.2) is 30.3 Å². The van der Waals surface area contributed by atoms with Crippen LogP contribution >= 0.6 is 0 Å². The zero-order chi connectivity index (χ0) is 10.6. The molecule has 76 valence electrons. The Morgan fingerprint density at radius 1 is 1.29 bits per heavy atom. The molecule has 14 heavy (non-hydrogen) atoms. The van der Waals surface area contributed by atoms with Gasteiger partial charge in [-0.2, -0.15) is 0 Å². The van der Waals surface area contributed by atoms with E-state index in [1.807, 2.05) is 44.2 Å². The van der Waals surface area contributed by atoms with Gasteiger partial charge in [0.25, 0.3) is 0 Å². The molecule has 0 saturated carbocycles. The zero-order valence-corrected chi connectivity index (χ0v) is 9.00. The van der Waals surface area contributed by atoms with Crippen molar-refractivity contribution in [2.24, 2.45) is 0 Å². The Labute approximate surface area is 85.3 Å². The van der Waals surface area contributed by atoms with Gasteiger partial charge in [0.1, 0.15) is 5.78 Å². The molecule has 0 amide bonds. The van der Waals surface area contributed by atoms with E-state index in [1.54, 1.807) is 6.92 Å². The molecular weight excluding hydrogens is 174 g/mol.